The number of rotatable bonds is 3. The van der Waals surface area contributed by atoms with Crippen LogP contribution in [0, 0.1) is 5.92 Å². The smallest absolute Gasteiger partial charge is 0.308 e. The van der Waals surface area contributed by atoms with E-state index in [4.69, 9.17) is 13.9 Å². The van der Waals surface area contributed by atoms with Crippen LogP contribution in [0.25, 0.3) is 0 Å². The van der Waals surface area contributed by atoms with Crippen molar-refractivity contribution in [2.24, 2.45) is 5.92 Å². The molecule has 4 atom stereocenters. The summed E-state index contributed by atoms with van der Waals surface area (Å²) in [6, 6.07) is 0. The highest BCUT2D eigenvalue weighted by molar-refractivity contribution is 6.74. The third-order valence-corrected chi connectivity index (χ3v) is 9.31. The molecule has 0 bridgehead atoms. The van der Waals surface area contributed by atoms with Crippen molar-refractivity contribution in [1.82, 2.24) is 0 Å². The van der Waals surface area contributed by atoms with Crippen LogP contribution in [0.3, 0.4) is 0 Å². The van der Waals surface area contributed by atoms with Gasteiger partial charge in [0, 0.05) is 0 Å². The number of hydrogen-bond acceptors (Lipinski definition) is 4. The average Bonchev–Trinajstić information content (AvgIpc) is 3.05. The van der Waals surface area contributed by atoms with E-state index in [-0.39, 0.29) is 35.2 Å². The van der Waals surface area contributed by atoms with Crippen LogP contribution >= 0.6 is 0 Å². The summed E-state index contributed by atoms with van der Waals surface area (Å²) in [5.74, 6) is -0.193. The van der Waals surface area contributed by atoms with Crippen molar-refractivity contribution in [3.8, 4) is 0 Å². The van der Waals surface area contributed by atoms with E-state index in [0.717, 1.165) is 12.8 Å². The van der Waals surface area contributed by atoms with Gasteiger partial charge in [0.1, 0.15) is 6.10 Å². The minimum atomic E-state index is -1.81. The molecule has 0 amide bonds. The summed E-state index contributed by atoms with van der Waals surface area (Å²) >= 11 is 0. The molecule has 1 aliphatic carbocycles. The molecule has 2 aliphatic rings. The standard InChI is InChI=1S/C14H26O4Si/c1-14(2,3)19(5,6)18-11-8-9(13(15)16-4)7-10-12(11)17-10/h9-12H,7-8H2,1-6H3/t9-,10+,11-,12+/m1/s1. The van der Waals surface area contributed by atoms with Crippen molar-refractivity contribution < 1.29 is 18.7 Å². The minimum Gasteiger partial charge on any atom is -0.469 e. The Balaban J connectivity index is 2.03. The van der Waals surface area contributed by atoms with Crippen LogP contribution in [-0.4, -0.2) is 39.7 Å². The minimum absolute atomic E-state index is 0.0590. The van der Waals surface area contributed by atoms with Crippen molar-refractivity contribution >= 4 is 14.3 Å². The molecule has 5 heteroatoms. The Labute approximate surface area is 116 Å². The Hall–Kier alpha value is -0.393. The van der Waals surface area contributed by atoms with Crippen LogP contribution in [0.15, 0.2) is 0 Å². The van der Waals surface area contributed by atoms with Crippen LogP contribution in [0.2, 0.25) is 18.1 Å². The molecule has 0 radical (unpaired) electrons. The number of methoxy groups -OCH3 is 1. The first kappa shape index (κ1) is 15.0. The number of fused-ring (bicyclic) bond motifs is 1. The molecule has 4 nitrogen and oxygen atoms in total. The molecule has 0 spiro atoms. The summed E-state index contributed by atoms with van der Waals surface area (Å²) in [7, 11) is -0.364. The van der Waals surface area contributed by atoms with Gasteiger partial charge in [-0.15, -0.1) is 0 Å². The molecule has 0 unspecified atom stereocenters. The zero-order chi connectivity index (χ0) is 14.4. The van der Waals surface area contributed by atoms with E-state index >= 15 is 0 Å². The molecular weight excluding hydrogens is 260 g/mol. The maximum Gasteiger partial charge on any atom is 0.308 e. The first-order valence-electron chi connectivity index (χ1n) is 7.07. The first-order chi connectivity index (χ1) is 8.65. The van der Waals surface area contributed by atoms with Gasteiger partial charge < -0.3 is 13.9 Å². The fraction of sp³-hybridized carbons (Fsp3) is 0.929. The van der Waals surface area contributed by atoms with E-state index in [9.17, 15) is 4.79 Å². The van der Waals surface area contributed by atoms with Crippen LogP contribution in [0.5, 0.6) is 0 Å². The van der Waals surface area contributed by atoms with Crippen molar-refractivity contribution in [2.45, 2.75) is 70.1 Å². The predicted molar refractivity (Wildman–Crippen MR) is 75.5 cm³/mol. The lowest BCUT2D eigenvalue weighted by molar-refractivity contribution is -0.147. The van der Waals surface area contributed by atoms with Gasteiger partial charge in [0.05, 0.1) is 25.2 Å². The second kappa shape index (κ2) is 4.86. The monoisotopic (exact) mass is 286 g/mol. The van der Waals surface area contributed by atoms with Gasteiger partial charge in [0.2, 0.25) is 0 Å². The van der Waals surface area contributed by atoms with E-state index in [1.165, 1.54) is 7.11 Å². The van der Waals surface area contributed by atoms with Crippen molar-refractivity contribution in [3.63, 3.8) is 0 Å². The van der Waals surface area contributed by atoms with Crippen molar-refractivity contribution in [3.05, 3.63) is 0 Å². The summed E-state index contributed by atoms with van der Waals surface area (Å²) in [6.07, 6.45) is 1.99. The van der Waals surface area contributed by atoms with Gasteiger partial charge >= 0.3 is 5.97 Å². The van der Waals surface area contributed by atoms with Crippen LogP contribution in [0.4, 0.5) is 0 Å². The molecule has 0 N–H and O–H groups in total. The molecule has 19 heavy (non-hydrogen) atoms. The maximum atomic E-state index is 11.7. The summed E-state index contributed by atoms with van der Waals surface area (Å²) in [6.45, 7) is 11.2. The number of esters is 1. The topological polar surface area (TPSA) is 48.1 Å². The molecule has 0 aromatic carbocycles. The van der Waals surface area contributed by atoms with Gasteiger partial charge in [-0.3, -0.25) is 4.79 Å². The Morgan fingerprint density at radius 3 is 2.42 bits per heavy atom. The Kier molecular flexibility index (Phi) is 3.84. The Morgan fingerprint density at radius 1 is 1.26 bits per heavy atom. The van der Waals surface area contributed by atoms with Gasteiger partial charge in [-0.05, 0) is 31.0 Å². The normalized spacial score (nSPS) is 34.6. The van der Waals surface area contributed by atoms with E-state index < -0.39 is 8.32 Å². The molecular formula is C14H26O4Si. The van der Waals surface area contributed by atoms with Crippen LogP contribution in [-0.2, 0) is 18.7 Å². The lowest BCUT2D eigenvalue weighted by atomic mass is 9.87. The number of carbonyl (C=O) groups excluding carboxylic acids is 1. The van der Waals surface area contributed by atoms with E-state index in [1.54, 1.807) is 0 Å². The first-order valence-corrected chi connectivity index (χ1v) is 9.97. The number of ether oxygens (including phenoxy) is 2. The third kappa shape index (κ3) is 3.03. The zero-order valence-corrected chi connectivity index (χ0v) is 13.9. The quantitative estimate of drug-likeness (QED) is 0.455. The summed E-state index contributed by atoms with van der Waals surface area (Å²) in [5, 5.41) is 0.176. The van der Waals surface area contributed by atoms with E-state index in [0.29, 0.717) is 0 Å². The lowest BCUT2D eigenvalue weighted by Crippen LogP contribution is -2.47. The summed E-state index contributed by atoms with van der Waals surface area (Å²) < 4.78 is 17.0. The van der Waals surface area contributed by atoms with E-state index in [2.05, 4.69) is 33.9 Å². The average molecular weight is 286 g/mol. The largest absolute Gasteiger partial charge is 0.469 e. The highest BCUT2D eigenvalue weighted by atomic mass is 28.4. The second-order valence-electron chi connectivity index (χ2n) is 7.25. The van der Waals surface area contributed by atoms with Crippen LogP contribution in [0.1, 0.15) is 33.6 Å². The van der Waals surface area contributed by atoms with Gasteiger partial charge in [-0.1, -0.05) is 20.8 Å². The number of hydrogen-bond donors (Lipinski definition) is 0. The summed E-state index contributed by atoms with van der Waals surface area (Å²) in [5.41, 5.74) is 0. The number of carbonyl (C=O) groups is 1. The lowest BCUT2D eigenvalue weighted by Gasteiger charge is -2.40. The highest BCUT2D eigenvalue weighted by Gasteiger charge is 2.55. The number of epoxide rings is 1. The molecule has 110 valence electrons. The van der Waals surface area contributed by atoms with Gasteiger partial charge in [-0.25, -0.2) is 0 Å². The van der Waals surface area contributed by atoms with Crippen molar-refractivity contribution in [2.75, 3.05) is 7.11 Å². The fourth-order valence-corrected chi connectivity index (χ4v) is 3.83. The van der Waals surface area contributed by atoms with E-state index in [1.807, 2.05) is 0 Å². The SMILES string of the molecule is COC(=O)[C@@H]1C[C@@H]2O[C@@H]2[C@H](O[Si](C)(C)C(C)(C)C)C1. The zero-order valence-electron chi connectivity index (χ0n) is 12.9. The maximum absolute atomic E-state index is 11.7. The fourth-order valence-electron chi connectivity index (χ4n) is 2.49. The molecule has 0 aromatic heterocycles. The summed E-state index contributed by atoms with van der Waals surface area (Å²) in [4.78, 5) is 11.7. The Bertz CT molecular complexity index is 361. The highest BCUT2D eigenvalue weighted by Crippen LogP contribution is 2.45. The van der Waals surface area contributed by atoms with Crippen LogP contribution < -0.4 is 0 Å². The van der Waals surface area contributed by atoms with Gasteiger partial charge in [0.15, 0.2) is 8.32 Å². The second-order valence-corrected chi connectivity index (χ2v) is 12.0. The third-order valence-electron chi connectivity index (χ3n) is 4.81. The molecule has 0 aromatic rings. The van der Waals surface area contributed by atoms with Gasteiger partial charge in [0.25, 0.3) is 0 Å². The van der Waals surface area contributed by atoms with Crippen molar-refractivity contribution in [1.29, 1.82) is 0 Å². The molecule has 2 fully saturated rings. The van der Waals surface area contributed by atoms with Gasteiger partial charge in [-0.2, -0.15) is 0 Å². The molecule has 1 saturated heterocycles. The molecule has 1 heterocycles. The molecule has 2 rings (SSSR count). The predicted octanol–water partition coefficient (Wildman–Crippen LogP) is 2.73. The molecule has 1 aliphatic heterocycles. The Morgan fingerprint density at radius 2 is 1.89 bits per heavy atom. The molecule has 1 saturated carbocycles.